The Labute approximate surface area is 110 Å². The van der Waals surface area contributed by atoms with Gasteiger partial charge in [0.05, 0.1) is 0 Å². The third-order valence-corrected chi connectivity index (χ3v) is 1.65. The molecule has 18 heavy (non-hydrogen) atoms. The smallest absolute Gasteiger partial charge is 0.336 e. The minimum atomic E-state index is -0.354. The summed E-state index contributed by atoms with van der Waals surface area (Å²) in [5, 5.41) is 0.879. The topological polar surface area (TPSA) is 56.2 Å². The van der Waals surface area contributed by atoms with Crippen LogP contribution in [0.4, 0.5) is 5.69 Å². The highest BCUT2D eigenvalue weighted by Gasteiger charge is 1.95. The van der Waals surface area contributed by atoms with E-state index in [4.69, 9.17) is 10.2 Å². The van der Waals surface area contributed by atoms with Crippen LogP contribution in [-0.2, 0) is 0 Å². The maximum Gasteiger partial charge on any atom is 0.336 e. The maximum absolute atomic E-state index is 10.8. The molecule has 0 fully saturated rings. The molecule has 1 aromatic carbocycles. The summed E-state index contributed by atoms with van der Waals surface area (Å²) in [6.07, 6.45) is 0. The molecule has 0 aliphatic rings. The minimum Gasteiger partial charge on any atom is -0.423 e. The summed E-state index contributed by atoms with van der Waals surface area (Å²) < 4.78 is 4.91. The Hall–Kier alpha value is -1.77. The van der Waals surface area contributed by atoms with E-state index in [1.54, 1.807) is 18.2 Å². The Morgan fingerprint density at radius 3 is 1.94 bits per heavy atom. The lowest BCUT2D eigenvalue weighted by molar-refractivity contribution is 0.561. The quantitative estimate of drug-likeness (QED) is 0.555. The second-order valence-electron chi connectivity index (χ2n) is 2.55. The normalized spacial score (nSPS) is 7.89. The van der Waals surface area contributed by atoms with Crippen molar-refractivity contribution in [1.29, 1.82) is 0 Å². The predicted octanol–water partition coefficient (Wildman–Crippen LogP) is 4.45. The highest BCUT2D eigenvalue weighted by atomic mass is 16.4. The van der Waals surface area contributed by atoms with Crippen molar-refractivity contribution in [2.45, 2.75) is 41.5 Å². The van der Waals surface area contributed by atoms with Gasteiger partial charge in [-0.3, -0.25) is 0 Å². The molecule has 0 saturated carbocycles. The summed E-state index contributed by atoms with van der Waals surface area (Å²) in [5.74, 6) is 0. The third-order valence-electron chi connectivity index (χ3n) is 1.65. The summed E-state index contributed by atoms with van der Waals surface area (Å²) in [6, 6.07) is 8.31. The van der Waals surface area contributed by atoms with E-state index in [2.05, 4.69) is 0 Å². The number of hydrogen-bond donors (Lipinski definition) is 1. The first-order valence-electron chi connectivity index (χ1n) is 6.55. The van der Waals surface area contributed by atoms with E-state index in [0.29, 0.717) is 11.3 Å². The van der Waals surface area contributed by atoms with Gasteiger partial charge in [-0.1, -0.05) is 41.5 Å². The molecule has 0 atom stereocenters. The highest BCUT2D eigenvalue weighted by Crippen LogP contribution is 2.14. The monoisotopic (exact) mass is 251 g/mol. The molecule has 0 spiro atoms. The first kappa shape index (κ1) is 18.6. The van der Waals surface area contributed by atoms with Gasteiger partial charge < -0.3 is 10.2 Å². The standard InChI is InChI=1S/C9H7NO2.3C2H6/c10-7-3-1-6-2-4-9(11)12-8(6)5-7;3*1-2/h1-5H,10H2;3*1-2H3. The predicted molar refractivity (Wildman–Crippen MR) is 80.9 cm³/mol. The number of anilines is 1. The Bertz CT molecular complexity index is 475. The zero-order valence-electron chi connectivity index (χ0n) is 12.3. The molecule has 1 aromatic heterocycles. The van der Waals surface area contributed by atoms with Gasteiger partial charge in [0.25, 0.3) is 0 Å². The zero-order chi connectivity index (χ0) is 14.6. The zero-order valence-corrected chi connectivity index (χ0v) is 12.3. The van der Waals surface area contributed by atoms with Gasteiger partial charge in [-0.15, -0.1) is 0 Å². The van der Waals surface area contributed by atoms with Crippen molar-refractivity contribution in [2.24, 2.45) is 0 Å². The highest BCUT2D eigenvalue weighted by molar-refractivity contribution is 5.79. The molecular formula is C15H25NO2. The molecule has 3 heteroatoms. The van der Waals surface area contributed by atoms with Crippen LogP contribution in [0.1, 0.15) is 41.5 Å². The van der Waals surface area contributed by atoms with Gasteiger partial charge in [0.15, 0.2) is 0 Å². The first-order valence-corrected chi connectivity index (χ1v) is 6.55. The molecule has 2 aromatic rings. The molecule has 1 heterocycles. The molecule has 0 aliphatic carbocycles. The van der Waals surface area contributed by atoms with Gasteiger partial charge in [-0.05, 0) is 18.2 Å². The molecule has 0 bridgehead atoms. The SMILES string of the molecule is CC.CC.CC.Nc1ccc2ccc(=O)oc2c1. The molecule has 0 amide bonds. The maximum atomic E-state index is 10.8. The Morgan fingerprint density at radius 1 is 0.889 bits per heavy atom. The van der Waals surface area contributed by atoms with Crippen molar-refractivity contribution in [3.8, 4) is 0 Å². The molecular weight excluding hydrogens is 226 g/mol. The van der Waals surface area contributed by atoms with Crippen molar-refractivity contribution in [3.63, 3.8) is 0 Å². The summed E-state index contributed by atoms with van der Waals surface area (Å²) in [5.41, 5.74) is 6.28. The van der Waals surface area contributed by atoms with Crippen LogP contribution in [0.5, 0.6) is 0 Å². The Morgan fingerprint density at radius 2 is 1.39 bits per heavy atom. The Balaban J connectivity index is 0. The number of nitrogens with two attached hydrogens (primary N) is 1. The van der Waals surface area contributed by atoms with Crippen LogP contribution in [0.3, 0.4) is 0 Å². The third kappa shape index (κ3) is 6.09. The van der Waals surface area contributed by atoms with Crippen LogP contribution in [0.2, 0.25) is 0 Å². The van der Waals surface area contributed by atoms with E-state index in [-0.39, 0.29) is 5.63 Å². The molecule has 0 radical (unpaired) electrons. The van der Waals surface area contributed by atoms with Crippen molar-refractivity contribution >= 4 is 16.7 Å². The van der Waals surface area contributed by atoms with Gasteiger partial charge in [0, 0.05) is 23.2 Å². The number of benzene rings is 1. The largest absolute Gasteiger partial charge is 0.423 e. The van der Waals surface area contributed by atoms with E-state index in [0.717, 1.165) is 5.39 Å². The van der Waals surface area contributed by atoms with Gasteiger partial charge in [0.1, 0.15) is 5.58 Å². The average molecular weight is 251 g/mol. The summed E-state index contributed by atoms with van der Waals surface area (Å²) in [4.78, 5) is 10.8. The lowest BCUT2D eigenvalue weighted by Gasteiger charge is -1.95. The van der Waals surface area contributed by atoms with Gasteiger partial charge >= 0.3 is 5.63 Å². The number of rotatable bonds is 0. The van der Waals surface area contributed by atoms with E-state index in [1.807, 2.05) is 47.6 Å². The van der Waals surface area contributed by atoms with Crippen molar-refractivity contribution < 1.29 is 4.42 Å². The van der Waals surface area contributed by atoms with Crippen LogP contribution in [-0.4, -0.2) is 0 Å². The minimum absolute atomic E-state index is 0.354. The van der Waals surface area contributed by atoms with Gasteiger partial charge in [-0.25, -0.2) is 4.79 Å². The summed E-state index contributed by atoms with van der Waals surface area (Å²) >= 11 is 0. The lowest BCUT2D eigenvalue weighted by atomic mass is 10.2. The molecule has 2 N–H and O–H groups in total. The van der Waals surface area contributed by atoms with Crippen LogP contribution in [0, 0.1) is 0 Å². The molecule has 102 valence electrons. The molecule has 2 rings (SSSR count). The Kier molecular flexibility index (Phi) is 12.1. The second-order valence-corrected chi connectivity index (χ2v) is 2.55. The molecule has 0 saturated heterocycles. The van der Waals surface area contributed by atoms with Crippen molar-refractivity contribution in [1.82, 2.24) is 0 Å². The lowest BCUT2D eigenvalue weighted by Crippen LogP contribution is -1.94. The van der Waals surface area contributed by atoms with Gasteiger partial charge in [0.2, 0.25) is 0 Å². The fourth-order valence-corrected chi connectivity index (χ4v) is 1.08. The molecule has 0 aliphatic heterocycles. The average Bonchev–Trinajstić information content (AvgIpc) is 2.45. The summed E-state index contributed by atoms with van der Waals surface area (Å²) in [7, 11) is 0. The van der Waals surface area contributed by atoms with E-state index in [1.165, 1.54) is 6.07 Å². The molecule has 0 unspecified atom stereocenters. The van der Waals surface area contributed by atoms with Crippen molar-refractivity contribution in [2.75, 3.05) is 5.73 Å². The van der Waals surface area contributed by atoms with Gasteiger partial charge in [-0.2, -0.15) is 0 Å². The van der Waals surface area contributed by atoms with Crippen molar-refractivity contribution in [3.05, 3.63) is 40.8 Å². The van der Waals surface area contributed by atoms with E-state index < -0.39 is 0 Å². The molecule has 3 nitrogen and oxygen atoms in total. The first-order chi connectivity index (χ1) is 8.75. The van der Waals surface area contributed by atoms with Crippen LogP contribution >= 0.6 is 0 Å². The fraction of sp³-hybridized carbons (Fsp3) is 0.400. The summed E-state index contributed by atoms with van der Waals surface area (Å²) in [6.45, 7) is 12.0. The number of nitrogen functional groups attached to an aromatic ring is 1. The van der Waals surface area contributed by atoms with Crippen LogP contribution < -0.4 is 11.4 Å². The van der Waals surface area contributed by atoms with E-state index >= 15 is 0 Å². The fourth-order valence-electron chi connectivity index (χ4n) is 1.08. The second kappa shape index (κ2) is 11.7. The van der Waals surface area contributed by atoms with Crippen LogP contribution in [0.15, 0.2) is 39.5 Å². The van der Waals surface area contributed by atoms with Crippen LogP contribution in [0.25, 0.3) is 11.0 Å². The number of hydrogen-bond acceptors (Lipinski definition) is 3. The number of fused-ring (bicyclic) bond motifs is 1. The van der Waals surface area contributed by atoms with E-state index in [9.17, 15) is 4.79 Å².